The van der Waals surface area contributed by atoms with Crippen molar-refractivity contribution < 1.29 is 39.4 Å². The molecule has 1 aromatic carbocycles. The first-order chi connectivity index (χ1) is 12.0. The van der Waals surface area contributed by atoms with Gasteiger partial charge in [0.1, 0.15) is 24.4 Å². The van der Waals surface area contributed by atoms with Gasteiger partial charge in [0.25, 0.3) is 0 Å². The van der Waals surface area contributed by atoms with Crippen LogP contribution in [-0.2, 0) is 11.2 Å². The average molecular weight is 359 g/mol. The Hall–Kier alpha value is -1.62. The van der Waals surface area contributed by atoms with E-state index in [4.69, 9.17) is 24.7 Å². The Morgan fingerprint density at radius 1 is 1.04 bits per heavy atom. The van der Waals surface area contributed by atoms with Crippen molar-refractivity contribution in [2.45, 2.75) is 37.1 Å². The fourth-order valence-electron chi connectivity index (χ4n) is 2.64. The van der Waals surface area contributed by atoms with Crippen LogP contribution in [0.15, 0.2) is 12.1 Å². The van der Waals surface area contributed by atoms with Crippen LogP contribution in [0.5, 0.6) is 17.2 Å². The lowest BCUT2D eigenvalue weighted by Gasteiger charge is -2.39. The third kappa shape index (κ3) is 4.14. The third-order valence-corrected chi connectivity index (χ3v) is 4.04. The van der Waals surface area contributed by atoms with E-state index in [1.165, 1.54) is 14.2 Å². The molecule has 0 spiro atoms. The molecule has 2 rings (SSSR count). The van der Waals surface area contributed by atoms with E-state index >= 15 is 0 Å². The summed E-state index contributed by atoms with van der Waals surface area (Å²) in [6.07, 6.45) is -6.33. The van der Waals surface area contributed by atoms with Crippen LogP contribution in [0, 0.1) is 0 Å². The van der Waals surface area contributed by atoms with Crippen molar-refractivity contribution in [1.29, 1.82) is 0 Å². The number of benzene rings is 1. The molecule has 25 heavy (non-hydrogen) atoms. The molecule has 1 heterocycles. The number of ether oxygens (including phenoxy) is 4. The van der Waals surface area contributed by atoms with Gasteiger partial charge in [0.2, 0.25) is 12.0 Å². The molecule has 142 valence electrons. The molecule has 0 aromatic heterocycles. The Bertz CT molecular complexity index is 542. The Morgan fingerprint density at radius 3 is 2.12 bits per heavy atom. The summed E-state index contributed by atoms with van der Waals surface area (Å²) in [6, 6.07) is 3.43. The molecule has 0 bridgehead atoms. The summed E-state index contributed by atoms with van der Waals surface area (Å²) < 4.78 is 21.6. The predicted octanol–water partition coefficient (Wildman–Crippen LogP) is -1.62. The maximum Gasteiger partial charge on any atom is 0.229 e. The Kier molecular flexibility index (Phi) is 6.82. The van der Waals surface area contributed by atoms with Gasteiger partial charge in [-0.25, -0.2) is 0 Å². The van der Waals surface area contributed by atoms with Crippen LogP contribution in [0.4, 0.5) is 0 Å². The standard InChI is InChI=1S/C16H25NO8/c1-22-9-5-8(3-4-17)6-10(23-2)15(9)25-16-14(21)13(20)12(19)11(7-18)24-16/h5-6,11-14,16,18-21H,3-4,7,17H2,1-2H3/t11-,12?,13?,14?,16?/m1/s1. The van der Waals surface area contributed by atoms with Gasteiger partial charge in [0, 0.05) is 0 Å². The highest BCUT2D eigenvalue weighted by atomic mass is 16.7. The quantitative estimate of drug-likeness (QED) is 0.388. The summed E-state index contributed by atoms with van der Waals surface area (Å²) in [5.74, 6) is 0.828. The van der Waals surface area contributed by atoms with Crippen LogP contribution in [0.2, 0.25) is 0 Å². The van der Waals surface area contributed by atoms with Gasteiger partial charge in [0.15, 0.2) is 11.5 Å². The largest absolute Gasteiger partial charge is 0.493 e. The fourth-order valence-corrected chi connectivity index (χ4v) is 2.64. The molecule has 1 saturated heterocycles. The van der Waals surface area contributed by atoms with Gasteiger partial charge in [-0.15, -0.1) is 0 Å². The lowest BCUT2D eigenvalue weighted by Crippen LogP contribution is -2.60. The average Bonchev–Trinajstić information content (AvgIpc) is 2.62. The summed E-state index contributed by atoms with van der Waals surface area (Å²) in [4.78, 5) is 0. The molecule has 6 N–H and O–H groups in total. The first kappa shape index (κ1) is 19.7. The van der Waals surface area contributed by atoms with Crippen molar-refractivity contribution in [2.75, 3.05) is 27.4 Å². The van der Waals surface area contributed by atoms with E-state index in [1.54, 1.807) is 12.1 Å². The van der Waals surface area contributed by atoms with Gasteiger partial charge >= 0.3 is 0 Å². The maximum absolute atomic E-state index is 10.1. The third-order valence-electron chi connectivity index (χ3n) is 4.04. The molecular formula is C16H25NO8. The zero-order valence-electron chi connectivity index (χ0n) is 14.2. The second-order valence-corrected chi connectivity index (χ2v) is 5.68. The molecule has 0 saturated carbocycles. The van der Waals surface area contributed by atoms with Crippen LogP contribution >= 0.6 is 0 Å². The van der Waals surface area contributed by atoms with Gasteiger partial charge in [-0.1, -0.05) is 0 Å². The zero-order valence-corrected chi connectivity index (χ0v) is 14.2. The number of aliphatic hydroxyl groups excluding tert-OH is 4. The van der Waals surface area contributed by atoms with Crippen LogP contribution in [0.3, 0.4) is 0 Å². The summed E-state index contributed by atoms with van der Waals surface area (Å²) in [7, 11) is 2.89. The second kappa shape index (κ2) is 8.65. The van der Waals surface area contributed by atoms with E-state index in [0.29, 0.717) is 24.5 Å². The zero-order chi connectivity index (χ0) is 18.6. The molecule has 0 radical (unpaired) electrons. The van der Waals surface area contributed by atoms with Crippen molar-refractivity contribution >= 4 is 0 Å². The summed E-state index contributed by atoms with van der Waals surface area (Å²) in [5, 5.41) is 39.1. The van der Waals surface area contributed by atoms with Crippen LogP contribution in [0.25, 0.3) is 0 Å². The molecule has 1 aromatic rings. The molecule has 9 nitrogen and oxygen atoms in total. The Morgan fingerprint density at radius 2 is 1.64 bits per heavy atom. The van der Waals surface area contributed by atoms with Gasteiger partial charge in [-0.2, -0.15) is 0 Å². The van der Waals surface area contributed by atoms with Gasteiger partial charge in [0.05, 0.1) is 20.8 Å². The van der Waals surface area contributed by atoms with Crippen LogP contribution in [0.1, 0.15) is 5.56 Å². The molecule has 1 aliphatic rings. The molecule has 4 unspecified atom stereocenters. The minimum Gasteiger partial charge on any atom is -0.493 e. The highest BCUT2D eigenvalue weighted by Crippen LogP contribution is 2.40. The number of hydrogen-bond donors (Lipinski definition) is 5. The SMILES string of the molecule is COc1cc(CCN)cc(OC)c1OC1O[C@H](CO)C(O)C(O)C1O. The minimum absolute atomic E-state index is 0.162. The number of rotatable bonds is 7. The second-order valence-electron chi connectivity index (χ2n) is 5.68. The van der Waals surface area contributed by atoms with E-state index in [9.17, 15) is 20.4 Å². The minimum atomic E-state index is -1.54. The van der Waals surface area contributed by atoms with Crippen LogP contribution in [-0.4, -0.2) is 78.5 Å². The lowest BCUT2D eigenvalue weighted by molar-refractivity contribution is -0.277. The summed E-state index contributed by atoms with van der Waals surface area (Å²) in [6.45, 7) is -0.103. The van der Waals surface area contributed by atoms with Crippen molar-refractivity contribution in [1.82, 2.24) is 0 Å². The fraction of sp³-hybridized carbons (Fsp3) is 0.625. The molecule has 0 aliphatic carbocycles. The molecule has 0 amide bonds. The van der Waals surface area contributed by atoms with E-state index < -0.39 is 37.3 Å². The smallest absolute Gasteiger partial charge is 0.229 e. The van der Waals surface area contributed by atoms with Crippen molar-refractivity contribution in [3.05, 3.63) is 17.7 Å². The number of methoxy groups -OCH3 is 2. The Labute approximate surface area is 145 Å². The number of aliphatic hydroxyl groups is 4. The van der Waals surface area contributed by atoms with E-state index in [-0.39, 0.29) is 5.75 Å². The van der Waals surface area contributed by atoms with Crippen molar-refractivity contribution in [2.24, 2.45) is 5.73 Å². The van der Waals surface area contributed by atoms with E-state index in [1.807, 2.05) is 0 Å². The molecule has 1 aliphatic heterocycles. The van der Waals surface area contributed by atoms with Gasteiger partial charge in [-0.05, 0) is 30.7 Å². The molecule has 1 fully saturated rings. The first-order valence-electron chi connectivity index (χ1n) is 7.88. The van der Waals surface area contributed by atoms with Gasteiger partial charge in [-0.3, -0.25) is 0 Å². The lowest BCUT2D eigenvalue weighted by atomic mass is 9.99. The number of hydrogen-bond acceptors (Lipinski definition) is 9. The van der Waals surface area contributed by atoms with Gasteiger partial charge < -0.3 is 45.1 Å². The van der Waals surface area contributed by atoms with Crippen molar-refractivity contribution in [3.63, 3.8) is 0 Å². The monoisotopic (exact) mass is 359 g/mol. The predicted molar refractivity (Wildman–Crippen MR) is 86.7 cm³/mol. The molecule has 9 heteroatoms. The molecular weight excluding hydrogens is 334 g/mol. The van der Waals surface area contributed by atoms with Crippen LogP contribution < -0.4 is 19.9 Å². The maximum atomic E-state index is 10.1. The molecule has 5 atom stereocenters. The highest BCUT2D eigenvalue weighted by Gasteiger charge is 2.45. The Balaban J connectivity index is 2.31. The highest BCUT2D eigenvalue weighted by molar-refractivity contribution is 5.54. The first-order valence-corrected chi connectivity index (χ1v) is 7.88. The summed E-state index contributed by atoms with van der Waals surface area (Å²) in [5.41, 5.74) is 6.44. The van der Waals surface area contributed by atoms with E-state index in [2.05, 4.69) is 0 Å². The topological polar surface area (TPSA) is 144 Å². The van der Waals surface area contributed by atoms with E-state index in [0.717, 1.165) is 5.56 Å². The summed E-state index contributed by atoms with van der Waals surface area (Å²) >= 11 is 0. The number of nitrogens with two attached hydrogens (primary N) is 1. The van der Waals surface area contributed by atoms with Crippen molar-refractivity contribution in [3.8, 4) is 17.2 Å². The normalized spacial score (nSPS) is 29.3.